The number of carbonyl (C=O) groups is 1. The maximum atomic E-state index is 13.0. The molecule has 1 heterocycles. The van der Waals surface area contributed by atoms with Crippen LogP contribution in [0.2, 0.25) is 5.02 Å². The van der Waals surface area contributed by atoms with E-state index in [4.69, 9.17) is 11.6 Å². The van der Waals surface area contributed by atoms with Crippen LogP contribution in [0.4, 0.5) is 0 Å². The number of unbranched alkanes of at least 4 members (excludes halogenated alkanes) is 1. The van der Waals surface area contributed by atoms with E-state index >= 15 is 0 Å². The Hall–Kier alpha value is -2.07. The zero-order valence-electron chi connectivity index (χ0n) is 15.1. The van der Waals surface area contributed by atoms with Gasteiger partial charge in [-0.25, -0.2) is 0 Å². The fraction of sp³-hybridized carbons (Fsp3) is 0.400. The number of aryl methyl sites for hydroxylation is 1. The molecule has 25 heavy (non-hydrogen) atoms. The molecule has 0 aliphatic carbocycles. The summed E-state index contributed by atoms with van der Waals surface area (Å²) >= 11 is 5.93. The molecule has 2 rings (SSSR count). The largest absolute Gasteiger partial charge is 0.334 e. The average Bonchev–Trinajstić information content (AvgIpc) is 2.60. The van der Waals surface area contributed by atoms with E-state index in [1.165, 1.54) is 0 Å². The van der Waals surface area contributed by atoms with Gasteiger partial charge in [-0.3, -0.25) is 9.59 Å². The van der Waals surface area contributed by atoms with Crippen molar-refractivity contribution >= 4 is 17.5 Å². The van der Waals surface area contributed by atoms with Crippen molar-refractivity contribution in [1.29, 1.82) is 0 Å². The van der Waals surface area contributed by atoms with Crippen LogP contribution in [0.5, 0.6) is 0 Å². The van der Waals surface area contributed by atoms with E-state index in [9.17, 15) is 9.59 Å². The third-order valence-electron chi connectivity index (χ3n) is 4.29. The molecule has 0 radical (unpaired) electrons. The van der Waals surface area contributed by atoms with Crippen molar-refractivity contribution in [3.05, 3.63) is 68.6 Å². The number of aromatic nitrogens is 1. The smallest absolute Gasteiger partial charge is 0.263 e. The molecule has 1 aromatic heterocycles. The predicted octanol–water partition coefficient (Wildman–Crippen LogP) is 4.27. The highest BCUT2D eigenvalue weighted by molar-refractivity contribution is 6.30. The lowest BCUT2D eigenvalue weighted by atomic mass is 10.1. The lowest BCUT2D eigenvalue weighted by Crippen LogP contribution is -2.37. The molecule has 0 aliphatic rings. The molecule has 1 aromatic carbocycles. The van der Waals surface area contributed by atoms with E-state index < -0.39 is 0 Å². The molecule has 0 bridgehead atoms. The molecule has 0 fully saturated rings. The number of halogens is 1. The Morgan fingerprint density at radius 1 is 1.12 bits per heavy atom. The Morgan fingerprint density at radius 2 is 1.80 bits per heavy atom. The summed E-state index contributed by atoms with van der Waals surface area (Å²) in [5.74, 6) is -0.212. The molecule has 0 atom stereocenters. The number of rotatable bonds is 7. The van der Waals surface area contributed by atoms with Gasteiger partial charge in [0, 0.05) is 30.4 Å². The first kappa shape index (κ1) is 19.3. The molecule has 5 heteroatoms. The highest BCUT2D eigenvalue weighted by Gasteiger charge is 2.20. The van der Waals surface area contributed by atoms with Gasteiger partial charge in [-0.2, -0.15) is 0 Å². The normalized spacial score (nSPS) is 10.7. The fourth-order valence-electron chi connectivity index (χ4n) is 2.81. The molecule has 2 aromatic rings. The first-order valence-corrected chi connectivity index (χ1v) is 9.09. The summed E-state index contributed by atoms with van der Waals surface area (Å²) in [6.07, 6.45) is 1.88. The number of carbonyl (C=O) groups excluding carboxylic acids is 1. The van der Waals surface area contributed by atoms with Crippen LogP contribution in [0.1, 0.15) is 48.3 Å². The van der Waals surface area contributed by atoms with E-state index in [0.717, 1.165) is 24.1 Å². The summed E-state index contributed by atoms with van der Waals surface area (Å²) in [7, 11) is 0. The topological polar surface area (TPSA) is 42.3 Å². The van der Waals surface area contributed by atoms with Crippen LogP contribution in [-0.2, 0) is 13.1 Å². The summed E-state index contributed by atoms with van der Waals surface area (Å²) in [4.78, 5) is 27.4. The van der Waals surface area contributed by atoms with Gasteiger partial charge in [-0.1, -0.05) is 37.1 Å². The second-order valence-electron chi connectivity index (χ2n) is 6.14. The van der Waals surface area contributed by atoms with Crippen molar-refractivity contribution in [3.8, 4) is 0 Å². The average molecular weight is 361 g/mol. The quantitative estimate of drug-likeness (QED) is 0.739. The number of hydrogen-bond donors (Lipinski definition) is 0. The van der Waals surface area contributed by atoms with Gasteiger partial charge < -0.3 is 9.47 Å². The minimum absolute atomic E-state index is 0.212. The van der Waals surface area contributed by atoms with Gasteiger partial charge in [0.25, 0.3) is 11.5 Å². The molecule has 4 nitrogen and oxygen atoms in total. The third kappa shape index (κ3) is 4.73. The van der Waals surface area contributed by atoms with Crippen molar-refractivity contribution in [3.63, 3.8) is 0 Å². The first-order valence-electron chi connectivity index (χ1n) is 8.72. The Kier molecular flexibility index (Phi) is 6.82. The SMILES string of the molecule is CCCCN(Cc1ccc(Cl)cc1)C(=O)c1ccc(C)n(CC)c1=O. The predicted molar refractivity (Wildman–Crippen MR) is 102 cm³/mol. The minimum atomic E-state index is -0.217. The molecular formula is C20H25ClN2O2. The second kappa shape index (κ2) is 8.86. The molecular weight excluding hydrogens is 336 g/mol. The second-order valence-corrected chi connectivity index (χ2v) is 6.58. The van der Waals surface area contributed by atoms with Crippen molar-refractivity contribution in [2.75, 3.05) is 6.54 Å². The van der Waals surface area contributed by atoms with Gasteiger partial charge in [-0.05, 0) is 50.1 Å². The van der Waals surface area contributed by atoms with Crippen molar-refractivity contribution in [1.82, 2.24) is 9.47 Å². The van der Waals surface area contributed by atoms with E-state index in [-0.39, 0.29) is 17.0 Å². The van der Waals surface area contributed by atoms with E-state index in [2.05, 4.69) is 6.92 Å². The maximum Gasteiger partial charge on any atom is 0.263 e. The van der Waals surface area contributed by atoms with Crippen LogP contribution in [-0.4, -0.2) is 21.9 Å². The Balaban J connectivity index is 2.32. The fourth-order valence-corrected chi connectivity index (χ4v) is 2.93. The molecule has 134 valence electrons. The third-order valence-corrected chi connectivity index (χ3v) is 4.55. The van der Waals surface area contributed by atoms with Gasteiger partial charge in [-0.15, -0.1) is 0 Å². The standard InChI is InChI=1S/C20H25ClN2O2/c1-4-6-13-22(14-16-8-10-17(21)11-9-16)19(24)18-12-7-15(3)23(5-2)20(18)25/h7-12H,4-6,13-14H2,1-3H3. The van der Waals surface area contributed by atoms with Crippen molar-refractivity contribution in [2.45, 2.75) is 46.7 Å². The maximum absolute atomic E-state index is 13.0. The lowest BCUT2D eigenvalue weighted by molar-refractivity contribution is 0.0738. The van der Waals surface area contributed by atoms with Crippen molar-refractivity contribution in [2.24, 2.45) is 0 Å². The number of amides is 1. The number of pyridine rings is 1. The summed E-state index contributed by atoms with van der Waals surface area (Å²) in [5, 5.41) is 0.666. The summed E-state index contributed by atoms with van der Waals surface area (Å²) < 4.78 is 1.63. The lowest BCUT2D eigenvalue weighted by Gasteiger charge is -2.23. The molecule has 0 N–H and O–H groups in total. The highest BCUT2D eigenvalue weighted by atomic mass is 35.5. The van der Waals surface area contributed by atoms with Crippen LogP contribution in [0.3, 0.4) is 0 Å². The summed E-state index contributed by atoms with van der Waals surface area (Å²) in [6.45, 7) is 7.51. The number of hydrogen-bond acceptors (Lipinski definition) is 2. The van der Waals surface area contributed by atoms with Gasteiger partial charge >= 0.3 is 0 Å². The Morgan fingerprint density at radius 3 is 2.40 bits per heavy atom. The zero-order chi connectivity index (χ0) is 18.4. The molecule has 0 unspecified atom stereocenters. The zero-order valence-corrected chi connectivity index (χ0v) is 15.8. The van der Waals surface area contributed by atoms with E-state index in [1.54, 1.807) is 15.5 Å². The van der Waals surface area contributed by atoms with Crippen LogP contribution in [0.25, 0.3) is 0 Å². The van der Waals surface area contributed by atoms with Crippen LogP contribution < -0.4 is 5.56 Å². The molecule has 1 amide bonds. The van der Waals surface area contributed by atoms with Crippen LogP contribution in [0.15, 0.2) is 41.2 Å². The van der Waals surface area contributed by atoms with E-state index in [0.29, 0.717) is 24.7 Å². The van der Waals surface area contributed by atoms with Crippen molar-refractivity contribution < 1.29 is 4.79 Å². The highest BCUT2D eigenvalue weighted by Crippen LogP contribution is 2.14. The van der Waals surface area contributed by atoms with E-state index in [1.807, 2.05) is 44.2 Å². The molecule has 0 aliphatic heterocycles. The van der Waals surface area contributed by atoms with Crippen LogP contribution >= 0.6 is 11.6 Å². The monoisotopic (exact) mass is 360 g/mol. The van der Waals surface area contributed by atoms with Gasteiger partial charge in [0.1, 0.15) is 5.56 Å². The Bertz CT molecular complexity index is 781. The van der Waals surface area contributed by atoms with Crippen LogP contribution in [0, 0.1) is 6.92 Å². The number of benzene rings is 1. The first-order chi connectivity index (χ1) is 12.0. The number of nitrogens with zero attached hydrogens (tertiary/aromatic N) is 2. The summed E-state index contributed by atoms with van der Waals surface area (Å²) in [6, 6.07) is 10.9. The molecule has 0 saturated heterocycles. The van der Waals surface area contributed by atoms with Gasteiger partial charge in [0.2, 0.25) is 0 Å². The summed E-state index contributed by atoms with van der Waals surface area (Å²) in [5.41, 5.74) is 1.88. The van der Waals surface area contributed by atoms with Gasteiger partial charge in [0.15, 0.2) is 0 Å². The minimum Gasteiger partial charge on any atom is -0.334 e. The molecule has 0 saturated carbocycles. The van der Waals surface area contributed by atoms with Gasteiger partial charge in [0.05, 0.1) is 0 Å². The Labute approximate surface area is 154 Å². The molecule has 0 spiro atoms.